The van der Waals surface area contributed by atoms with E-state index in [1.165, 1.54) is 18.0 Å². The normalized spacial score (nSPS) is 13.9. The summed E-state index contributed by atoms with van der Waals surface area (Å²) in [7, 11) is 0. The summed E-state index contributed by atoms with van der Waals surface area (Å²) >= 11 is 1.46. The molecule has 0 saturated heterocycles. The topological polar surface area (TPSA) is 138 Å². The summed E-state index contributed by atoms with van der Waals surface area (Å²) in [5.74, 6) is 0.485. The number of nitrogens with zero attached hydrogens (tertiary/aromatic N) is 5. The molecule has 1 aromatic rings. The summed E-state index contributed by atoms with van der Waals surface area (Å²) in [6, 6.07) is 0. The van der Waals surface area contributed by atoms with Crippen molar-refractivity contribution in [3.8, 4) is 0 Å². The molecule has 0 atom stereocenters. The number of nitrogens with two attached hydrogens (primary N) is 2. The molecule has 10 heteroatoms. The Bertz CT molecular complexity index is 517. The zero-order valence-corrected chi connectivity index (χ0v) is 9.42. The van der Waals surface area contributed by atoms with Gasteiger partial charge in [0.15, 0.2) is 5.69 Å². The van der Waals surface area contributed by atoms with Crippen molar-refractivity contribution in [1.82, 2.24) is 9.55 Å². The molecule has 0 spiro atoms. The fourth-order valence-corrected chi connectivity index (χ4v) is 2.36. The molecule has 0 fully saturated rings. The number of hydrogen-bond donors (Lipinski definition) is 2. The average molecular weight is 255 g/mol. The van der Waals surface area contributed by atoms with Crippen LogP contribution >= 0.6 is 11.8 Å². The number of guanidine groups is 1. The summed E-state index contributed by atoms with van der Waals surface area (Å²) in [5.41, 5.74) is 10.3. The molecule has 0 radical (unpaired) electrons. The fraction of sp³-hybridized carbons (Fsp3) is 0.286. The molecule has 1 aliphatic heterocycles. The molecule has 0 saturated carbocycles. The van der Waals surface area contributed by atoms with E-state index in [0.29, 0.717) is 11.7 Å². The van der Waals surface area contributed by atoms with Crippen LogP contribution in [0.5, 0.6) is 0 Å². The van der Waals surface area contributed by atoms with Crippen molar-refractivity contribution in [2.75, 3.05) is 5.75 Å². The highest BCUT2D eigenvalue weighted by atomic mass is 32.2. The van der Waals surface area contributed by atoms with Crippen molar-refractivity contribution in [3.63, 3.8) is 0 Å². The van der Waals surface area contributed by atoms with Gasteiger partial charge in [-0.2, -0.15) is 14.7 Å². The zero-order valence-electron chi connectivity index (χ0n) is 8.61. The second-order valence-electron chi connectivity index (χ2n) is 3.13. The molecule has 90 valence electrons. The minimum Gasteiger partial charge on any atom is -0.369 e. The van der Waals surface area contributed by atoms with E-state index in [2.05, 4.69) is 15.2 Å². The van der Waals surface area contributed by atoms with Crippen molar-refractivity contribution in [3.05, 3.63) is 15.8 Å². The van der Waals surface area contributed by atoms with Gasteiger partial charge in [0.2, 0.25) is 5.96 Å². The molecule has 2 rings (SSSR count). The van der Waals surface area contributed by atoms with E-state index in [4.69, 9.17) is 11.5 Å². The lowest BCUT2D eigenvalue weighted by molar-refractivity contribution is -0.392. The van der Waals surface area contributed by atoms with Crippen LogP contribution in [0.3, 0.4) is 0 Å². The number of thioether (sulfide) groups is 1. The number of aromatic nitrogens is 2. The van der Waals surface area contributed by atoms with Crippen LogP contribution in [-0.4, -0.2) is 32.4 Å². The van der Waals surface area contributed by atoms with E-state index in [1.807, 2.05) is 0 Å². The summed E-state index contributed by atoms with van der Waals surface area (Å²) in [6.07, 6.45) is 1.17. The first-order valence-corrected chi connectivity index (χ1v) is 5.58. The number of imidazole rings is 1. The quantitative estimate of drug-likeness (QED) is 0.323. The van der Waals surface area contributed by atoms with E-state index in [-0.39, 0.29) is 17.5 Å². The Kier molecular flexibility index (Phi) is 2.95. The van der Waals surface area contributed by atoms with Gasteiger partial charge in [-0.25, -0.2) is 0 Å². The van der Waals surface area contributed by atoms with Crippen LogP contribution < -0.4 is 11.5 Å². The predicted octanol–water partition coefficient (Wildman–Crippen LogP) is -0.496. The van der Waals surface area contributed by atoms with E-state index in [0.717, 1.165) is 5.75 Å². The first-order chi connectivity index (χ1) is 8.09. The predicted molar refractivity (Wildman–Crippen MR) is 63.0 cm³/mol. The number of rotatable bonds is 3. The molecule has 1 aromatic heterocycles. The van der Waals surface area contributed by atoms with Gasteiger partial charge in [-0.1, -0.05) is 11.8 Å². The van der Waals surface area contributed by atoms with Crippen molar-refractivity contribution < 1.29 is 4.92 Å². The van der Waals surface area contributed by atoms with Crippen LogP contribution in [0.2, 0.25) is 0 Å². The molecule has 0 aromatic carbocycles. The average Bonchev–Trinajstić information content (AvgIpc) is 2.75. The maximum atomic E-state index is 10.9. The molecular formula is C7H9N7O2S. The lowest BCUT2D eigenvalue weighted by Gasteiger charge is -1.95. The maximum absolute atomic E-state index is 10.9. The molecule has 0 unspecified atom stereocenters. The standard InChI is InChI=1S/C7H9N7O2S/c8-6(9)12-10-3-4-5(14(15)16)13-1-2-17-7(13)11-4/h3H,1-2H2,(H4,8,9,12)/b10-3+. The smallest absolute Gasteiger partial charge is 0.352 e. The second kappa shape index (κ2) is 4.41. The summed E-state index contributed by atoms with van der Waals surface area (Å²) in [5, 5.41) is 18.4. The van der Waals surface area contributed by atoms with Crippen molar-refractivity contribution in [2.45, 2.75) is 11.7 Å². The van der Waals surface area contributed by atoms with Crippen molar-refractivity contribution in [1.29, 1.82) is 0 Å². The largest absolute Gasteiger partial charge is 0.369 e. The second-order valence-corrected chi connectivity index (χ2v) is 4.19. The van der Waals surface area contributed by atoms with Crippen molar-refractivity contribution >= 4 is 29.8 Å². The fourth-order valence-electron chi connectivity index (χ4n) is 1.41. The molecule has 0 amide bonds. The molecule has 2 heterocycles. The first-order valence-electron chi connectivity index (χ1n) is 4.59. The van der Waals surface area contributed by atoms with Gasteiger partial charge in [0, 0.05) is 5.75 Å². The minimum atomic E-state index is -0.487. The van der Waals surface area contributed by atoms with E-state index in [9.17, 15) is 10.1 Å². The Labute approximate surface area is 99.7 Å². The van der Waals surface area contributed by atoms with Crippen LogP contribution in [-0.2, 0) is 6.54 Å². The van der Waals surface area contributed by atoms with Gasteiger partial charge in [0.25, 0.3) is 5.16 Å². The highest BCUT2D eigenvalue weighted by Crippen LogP contribution is 2.31. The van der Waals surface area contributed by atoms with E-state index < -0.39 is 4.92 Å². The highest BCUT2D eigenvalue weighted by molar-refractivity contribution is 7.99. The number of nitro groups is 1. The van der Waals surface area contributed by atoms with Gasteiger partial charge >= 0.3 is 5.82 Å². The molecular weight excluding hydrogens is 246 g/mol. The van der Waals surface area contributed by atoms with Gasteiger partial charge in [-0.15, -0.1) is 5.10 Å². The number of fused-ring (bicyclic) bond motifs is 1. The van der Waals surface area contributed by atoms with Gasteiger partial charge in [-0.3, -0.25) is 0 Å². The minimum absolute atomic E-state index is 0.0838. The lowest BCUT2D eigenvalue weighted by atomic mass is 10.4. The van der Waals surface area contributed by atoms with Crippen LogP contribution in [0.15, 0.2) is 15.4 Å². The highest BCUT2D eigenvalue weighted by Gasteiger charge is 2.30. The van der Waals surface area contributed by atoms with Crippen LogP contribution in [0.1, 0.15) is 5.69 Å². The maximum Gasteiger partial charge on any atom is 0.352 e. The van der Waals surface area contributed by atoms with Gasteiger partial charge < -0.3 is 21.6 Å². The Morgan fingerprint density at radius 2 is 2.41 bits per heavy atom. The first kappa shape index (κ1) is 11.4. The van der Waals surface area contributed by atoms with Gasteiger partial charge in [-0.05, 0) is 4.92 Å². The third kappa shape index (κ3) is 2.20. The Morgan fingerprint density at radius 1 is 1.65 bits per heavy atom. The van der Waals surface area contributed by atoms with Crippen LogP contribution in [0, 0.1) is 10.1 Å². The molecule has 4 N–H and O–H groups in total. The van der Waals surface area contributed by atoms with Crippen molar-refractivity contribution in [2.24, 2.45) is 21.7 Å². The van der Waals surface area contributed by atoms with Gasteiger partial charge in [0.1, 0.15) is 6.54 Å². The Hall–Kier alpha value is -2.10. The monoisotopic (exact) mass is 255 g/mol. The summed E-state index contributed by atoms with van der Waals surface area (Å²) in [4.78, 5) is 14.5. The van der Waals surface area contributed by atoms with Crippen LogP contribution in [0.4, 0.5) is 5.82 Å². The third-order valence-electron chi connectivity index (χ3n) is 2.00. The SMILES string of the molecule is NC(N)=N/N=C/c1nc2n(c1[N+](=O)[O-])CCS2. The molecule has 0 bridgehead atoms. The molecule has 17 heavy (non-hydrogen) atoms. The van der Waals surface area contributed by atoms with E-state index in [1.54, 1.807) is 4.57 Å². The third-order valence-corrected chi connectivity index (χ3v) is 2.96. The Morgan fingerprint density at radius 3 is 3.06 bits per heavy atom. The number of hydrogen-bond acceptors (Lipinski definition) is 6. The lowest BCUT2D eigenvalue weighted by Crippen LogP contribution is -2.21. The van der Waals surface area contributed by atoms with Crippen LogP contribution in [0.25, 0.3) is 0 Å². The zero-order chi connectivity index (χ0) is 12.4. The van der Waals surface area contributed by atoms with E-state index >= 15 is 0 Å². The molecule has 9 nitrogen and oxygen atoms in total. The summed E-state index contributed by atoms with van der Waals surface area (Å²) < 4.78 is 1.54. The summed E-state index contributed by atoms with van der Waals surface area (Å²) in [6.45, 7) is 0.569. The molecule has 0 aliphatic carbocycles. The molecule has 1 aliphatic rings. The van der Waals surface area contributed by atoms with Gasteiger partial charge in [0.05, 0.1) is 6.21 Å². The Balaban J connectivity index is 2.38.